The van der Waals surface area contributed by atoms with Crippen molar-refractivity contribution in [1.29, 1.82) is 0 Å². The topological polar surface area (TPSA) is 140 Å². The first kappa shape index (κ1) is 36.8. The van der Waals surface area contributed by atoms with Crippen LogP contribution in [0.5, 0.6) is 11.5 Å². The molecule has 2 saturated heterocycles. The minimum atomic E-state index is 0.159. The van der Waals surface area contributed by atoms with Crippen LogP contribution >= 0.6 is 57.5 Å². The Balaban J connectivity index is 0.000000146. The highest BCUT2D eigenvalue weighted by Crippen LogP contribution is 2.35. The highest BCUT2D eigenvalue weighted by molar-refractivity contribution is 7.16. The number of halogens is 3. The highest BCUT2D eigenvalue weighted by atomic mass is 35.5. The van der Waals surface area contributed by atoms with E-state index in [1.165, 1.54) is 54.0 Å². The van der Waals surface area contributed by atoms with Gasteiger partial charge in [-0.05, 0) is 74.9 Å². The van der Waals surface area contributed by atoms with Crippen molar-refractivity contribution in [3.8, 4) is 11.5 Å². The molecule has 2 fully saturated rings. The summed E-state index contributed by atoms with van der Waals surface area (Å²) in [5.41, 5.74) is 14.5. The van der Waals surface area contributed by atoms with Crippen LogP contribution in [-0.4, -0.2) is 69.3 Å². The average molecular weight is 788 g/mol. The molecule has 2 atom stereocenters. The quantitative estimate of drug-likeness (QED) is 0.0945. The Morgan fingerprint density at radius 1 is 0.725 bits per heavy atom. The minimum Gasteiger partial charge on any atom is -0.497 e. The summed E-state index contributed by atoms with van der Waals surface area (Å²) in [6.45, 7) is 6.68. The van der Waals surface area contributed by atoms with Crippen LogP contribution in [0.25, 0.3) is 20.7 Å². The number of anilines is 5. The zero-order chi connectivity index (χ0) is 36.1. The molecule has 0 unspecified atom stereocenters. The van der Waals surface area contributed by atoms with Gasteiger partial charge in [0.1, 0.15) is 27.4 Å². The SMILES string of the molecule is COc1cc(N)cc(N2CCC[C@@H]2C)c1.COc1cc(Nc2nc(Cl)nc3scnc23)cc(N2CCC[C@@H]2C)c1.Clc1nc(Cl)c2ncsc2n1. The number of thiazole rings is 2. The fourth-order valence-corrected chi connectivity index (χ4v) is 8.20. The molecule has 2 aromatic carbocycles. The number of nitrogens with zero attached hydrogens (tertiary/aromatic N) is 8. The van der Waals surface area contributed by atoms with Crippen LogP contribution < -0.4 is 30.3 Å². The summed E-state index contributed by atoms with van der Waals surface area (Å²) >= 11 is 20.1. The van der Waals surface area contributed by atoms with Crippen molar-refractivity contribution < 1.29 is 9.47 Å². The lowest BCUT2D eigenvalue weighted by Gasteiger charge is -2.25. The number of nitrogens with two attached hydrogens (primary N) is 1. The summed E-state index contributed by atoms with van der Waals surface area (Å²) in [4.78, 5) is 30.7. The number of ether oxygens (including phenoxy) is 2. The van der Waals surface area contributed by atoms with Crippen molar-refractivity contribution in [2.75, 3.05) is 48.2 Å². The van der Waals surface area contributed by atoms with E-state index in [1.54, 1.807) is 25.2 Å². The van der Waals surface area contributed by atoms with Crippen molar-refractivity contribution in [3.05, 3.63) is 63.1 Å². The van der Waals surface area contributed by atoms with E-state index in [0.29, 0.717) is 34.1 Å². The van der Waals surface area contributed by atoms with E-state index >= 15 is 0 Å². The van der Waals surface area contributed by atoms with Gasteiger partial charge in [-0.15, -0.1) is 22.7 Å². The van der Waals surface area contributed by atoms with Crippen LogP contribution in [0.3, 0.4) is 0 Å². The van der Waals surface area contributed by atoms with Crippen molar-refractivity contribution >= 4 is 107 Å². The summed E-state index contributed by atoms with van der Waals surface area (Å²) in [5, 5.41) is 4.00. The molecule has 51 heavy (non-hydrogen) atoms. The molecule has 0 bridgehead atoms. The summed E-state index contributed by atoms with van der Waals surface area (Å²) in [6.07, 6.45) is 4.94. The maximum Gasteiger partial charge on any atom is 0.225 e. The van der Waals surface area contributed by atoms with Gasteiger partial charge < -0.3 is 30.3 Å². The van der Waals surface area contributed by atoms with E-state index in [1.807, 2.05) is 18.2 Å². The molecule has 12 nitrogen and oxygen atoms in total. The zero-order valence-corrected chi connectivity index (χ0v) is 32.3. The Bertz CT molecular complexity index is 2120. The number of hydrogen-bond acceptors (Lipinski definition) is 14. The smallest absolute Gasteiger partial charge is 0.225 e. The van der Waals surface area contributed by atoms with Crippen molar-refractivity contribution in [2.45, 2.75) is 51.6 Å². The molecule has 0 amide bonds. The minimum absolute atomic E-state index is 0.159. The first-order chi connectivity index (χ1) is 24.6. The number of hydrogen-bond donors (Lipinski definition) is 2. The first-order valence-electron chi connectivity index (χ1n) is 16.2. The van der Waals surface area contributed by atoms with Gasteiger partial charge in [0.25, 0.3) is 0 Å². The maximum atomic E-state index is 6.04. The fraction of sp³-hybridized carbons (Fsp3) is 0.353. The largest absolute Gasteiger partial charge is 0.497 e. The number of nitrogens with one attached hydrogen (secondary N) is 1. The standard InChI is InChI=1S/C17H18ClN5OS.C12H18N2O.C5HCl2N3S/c1-10-4-3-5-23(10)12-6-11(7-13(8-12)24-2)20-15-14-16(25-9-19-14)22-17(18)21-15;1-9-4-3-5-14(9)11-6-10(13)7-12(8-11)15-2;6-3-2-4(11-1-8-2)10-5(7)9-3/h6-10H,3-5H2,1-2H3,(H,20,21,22);6-9H,3-5,13H2,1-2H3;1H/t10-;9-;/m00./s1. The number of methoxy groups -OCH3 is 2. The molecule has 17 heteroatoms. The monoisotopic (exact) mass is 786 g/mol. The lowest BCUT2D eigenvalue weighted by molar-refractivity contribution is 0.415. The van der Waals surface area contributed by atoms with Gasteiger partial charge in [-0.25, -0.2) is 24.9 Å². The highest BCUT2D eigenvalue weighted by Gasteiger charge is 2.23. The third kappa shape index (κ3) is 8.93. The predicted molar refractivity (Wildman–Crippen MR) is 211 cm³/mol. The van der Waals surface area contributed by atoms with E-state index in [-0.39, 0.29) is 10.6 Å². The van der Waals surface area contributed by atoms with Crippen LogP contribution in [-0.2, 0) is 0 Å². The Hall–Kier alpha value is -3.95. The lowest BCUT2D eigenvalue weighted by atomic mass is 10.2. The molecule has 6 heterocycles. The van der Waals surface area contributed by atoms with Gasteiger partial charge in [-0.1, -0.05) is 11.6 Å². The molecule has 0 spiro atoms. The van der Waals surface area contributed by atoms with Gasteiger partial charge in [0, 0.05) is 72.2 Å². The molecule has 2 aliphatic rings. The molecule has 2 aliphatic heterocycles. The van der Waals surface area contributed by atoms with Gasteiger partial charge in [-0.2, -0.15) is 4.98 Å². The lowest BCUT2D eigenvalue weighted by Crippen LogP contribution is -2.26. The van der Waals surface area contributed by atoms with Crippen LogP contribution in [0.15, 0.2) is 47.4 Å². The number of nitrogen functional groups attached to an aromatic ring is 1. The Morgan fingerprint density at radius 2 is 1.27 bits per heavy atom. The van der Waals surface area contributed by atoms with E-state index in [4.69, 9.17) is 50.0 Å². The summed E-state index contributed by atoms with van der Waals surface area (Å²) in [7, 11) is 3.35. The van der Waals surface area contributed by atoms with Gasteiger partial charge in [-0.3, -0.25) is 0 Å². The Morgan fingerprint density at radius 3 is 1.86 bits per heavy atom. The molecule has 0 radical (unpaired) electrons. The summed E-state index contributed by atoms with van der Waals surface area (Å²) in [5.74, 6) is 2.24. The van der Waals surface area contributed by atoms with Crippen LogP contribution in [0.2, 0.25) is 15.7 Å². The van der Waals surface area contributed by atoms with Crippen molar-refractivity contribution in [1.82, 2.24) is 29.9 Å². The van der Waals surface area contributed by atoms with Gasteiger partial charge in [0.15, 0.2) is 15.8 Å². The summed E-state index contributed by atoms with van der Waals surface area (Å²) < 4.78 is 10.7. The second kappa shape index (κ2) is 16.6. The van der Waals surface area contributed by atoms with Crippen LogP contribution in [0.4, 0.5) is 28.6 Å². The van der Waals surface area contributed by atoms with Crippen LogP contribution in [0, 0.1) is 0 Å². The number of rotatable bonds is 6. The molecule has 268 valence electrons. The number of aromatic nitrogens is 6. The van der Waals surface area contributed by atoms with E-state index in [2.05, 4.69) is 77.1 Å². The molecule has 0 aliphatic carbocycles. The number of fused-ring (bicyclic) bond motifs is 2. The van der Waals surface area contributed by atoms with Crippen LogP contribution in [0.1, 0.15) is 39.5 Å². The first-order valence-corrected chi connectivity index (χ1v) is 19.1. The predicted octanol–water partition coefficient (Wildman–Crippen LogP) is 9.14. The fourth-order valence-electron chi connectivity index (χ4n) is 6.13. The van der Waals surface area contributed by atoms with Gasteiger partial charge in [0.05, 0.1) is 25.2 Å². The molecule has 0 saturated carbocycles. The van der Waals surface area contributed by atoms with E-state index in [0.717, 1.165) is 51.3 Å². The molecular weight excluding hydrogens is 751 g/mol. The van der Waals surface area contributed by atoms with Gasteiger partial charge >= 0.3 is 0 Å². The molecule has 8 rings (SSSR count). The molecule has 3 N–H and O–H groups in total. The van der Waals surface area contributed by atoms with E-state index < -0.39 is 0 Å². The zero-order valence-electron chi connectivity index (χ0n) is 28.4. The molecule has 6 aromatic rings. The number of benzene rings is 2. The third-order valence-corrected chi connectivity index (χ3v) is 10.6. The van der Waals surface area contributed by atoms with E-state index in [9.17, 15) is 0 Å². The Kier molecular flexibility index (Phi) is 12.0. The van der Waals surface area contributed by atoms with Crippen molar-refractivity contribution in [3.63, 3.8) is 0 Å². The van der Waals surface area contributed by atoms with Gasteiger partial charge in [0.2, 0.25) is 10.6 Å². The molecule has 4 aromatic heterocycles. The third-order valence-electron chi connectivity index (χ3n) is 8.61. The second-order valence-corrected chi connectivity index (χ2v) is 14.7. The average Bonchev–Trinajstić information content (AvgIpc) is 3.93. The summed E-state index contributed by atoms with van der Waals surface area (Å²) in [6, 6.07) is 13.2. The second-order valence-electron chi connectivity index (χ2n) is 12.0. The normalized spacial score (nSPS) is 16.8. The van der Waals surface area contributed by atoms with Crippen molar-refractivity contribution in [2.24, 2.45) is 0 Å². The Labute approximate surface area is 318 Å². The maximum absolute atomic E-state index is 6.04. The molecular formula is C34H37Cl3N10O2S2.